The van der Waals surface area contributed by atoms with E-state index in [1.54, 1.807) is 0 Å². The number of aryl methyl sites for hydroxylation is 1. The smallest absolute Gasteiger partial charge is 0.313 e. The van der Waals surface area contributed by atoms with Gasteiger partial charge >= 0.3 is 5.97 Å². The van der Waals surface area contributed by atoms with Crippen molar-refractivity contribution in [2.75, 3.05) is 7.11 Å². The number of fused-ring (bicyclic) bond motifs is 1. The van der Waals surface area contributed by atoms with Gasteiger partial charge in [-0.1, -0.05) is 37.3 Å². The zero-order valence-electron chi connectivity index (χ0n) is 12.8. The summed E-state index contributed by atoms with van der Waals surface area (Å²) in [6, 6.07) is 6.33. The van der Waals surface area contributed by atoms with Crippen LogP contribution >= 0.6 is 0 Å². The molecule has 0 saturated heterocycles. The number of carbonyl (C=O) groups excluding carboxylic acids is 1. The number of aromatic amines is 1. The molecule has 2 aromatic rings. The minimum Gasteiger partial charge on any atom is -0.469 e. The Balaban J connectivity index is 1.96. The highest BCUT2D eigenvalue weighted by Crippen LogP contribution is 2.37. The summed E-state index contributed by atoms with van der Waals surface area (Å²) < 4.78 is 5.07. The number of esters is 1. The normalized spacial score (nSPS) is 17.2. The molecule has 1 fully saturated rings. The van der Waals surface area contributed by atoms with E-state index in [1.165, 1.54) is 38.4 Å². The molecule has 0 spiro atoms. The van der Waals surface area contributed by atoms with Crippen molar-refractivity contribution in [3.05, 3.63) is 35.5 Å². The summed E-state index contributed by atoms with van der Waals surface area (Å²) >= 11 is 0. The van der Waals surface area contributed by atoms with Gasteiger partial charge in [0.15, 0.2) is 0 Å². The third-order valence-corrected chi connectivity index (χ3v) is 4.77. The molecule has 1 heterocycles. The number of carbonyl (C=O) groups is 1. The monoisotopic (exact) mass is 285 g/mol. The summed E-state index contributed by atoms with van der Waals surface area (Å²) in [4.78, 5) is 15.6. The first-order chi connectivity index (χ1) is 10.2. The van der Waals surface area contributed by atoms with Crippen molar-refractivity contribution < 1.29 is 9.53 Å². The van der Waals surface area contributed by atoms with Gasteiger partial charge in [-0.05, 0) is 37.0 Å². The molecule has 1 N–H and O–H groups in total. The maximum Gasteiger partial charge on any atom is 0.313 e. The molecule has 1 saturated carbocycles. The predicted octanol–water partition coefficient (Wildman–Crippen LogP) is 4.31. The topological polar surface area (TPSA) is 42.1 Å². The Labute approximate surface area is 125 Å². The van der Waals surface area contributed by atoms with Gasteiger partial charge in [0, 0.05) is 17.1 Å². The Morgan fingerprint density at radius 3 is 2.86 bits per heavy atom. The van der Waals surface area contributed by atoms with E-state index in [-0.39, 0.29) is 11.9 Å². The molecule has 0 bridgehead atoms. The van der Waals surface area contributed by atoms with Crippen molar-refractivity contribution in [1.82, 2.24) is 4.98 Å². The quantitative estimate of drug-likeness (QED) is 0.850. The Morgan fingerprint density at radius 1 is 1.38 bits per heavy atom. The van der Waals surface area contributed by atoms with Crippen LogP contribution in [0.3, 0.4) is 0 Å². The minimum absolute atomic E-state index is 0.107. The molecule has 21 heavy (non-hydrogen) atoms. The van der Waals surface area contributed by atoms with Crippen LogP contribution in [-0.2, 0) is 9.53 Å². The molecule has 1 aliphatic rings. The van der Waals surface area contributed by atoms with Crippen molar-refractivity contribution in [2.45, 2.75) is 44.9 Å². The lowest BCUT2D eigenvalue weighted by Gasteiger charge is -2.18. The van der Waals surface area contributed by atoms with Crippen LogP contribution in [0.15, 0.2) is 24.4 Å². The zero-order valence-corrected chi connectivity index (χ0v) is 12.8. The fraction of sp³-hybridized carbons (Fsp3) is 0.500. The minimum atomic E-state index is -0.145. The van der Waals surface area contributed by atoms with Gasteiger partial charge in [-0.3, -0.25) is 4.79 Å². The molecule has 0 radical (unpaired) electrons. The number of hydrogen-bond acceptors (Lipinski definition) is 2. The first-order valence-electron chi connectivity index (χ1n) is 7.84. The Morgan fingerprint density at radius 2 is 2.14 bits per heavy atom. The Kier molecular flexibility index (Phi) is 4.00. The maximum absolute atomic E-state index is 12.3. The average Bonchev–Trinajstić information content (AvgIpc) is 3.13. The highest BCUT2D eigenvalue weighted by atomic mass is 16.5. The van der Waals surface area contributed by atoms with Crippen LogP contribution in [0.5, 0.6) is 0 Å². The van der Waals surface area contributed by atoms with Gasteiger partial charge in [0.1, 0.15) is 0 Å². The summed E-state index contributed by atoms with van der Waals surface area (Å²) in [7, 11) is 1.49. The molecule has 112 valence electrons. The third-order valence-electron chi connectivity index (χ3n) is 4.77. The van der Waals surface area contributed by atoms with E-state index in [0.717, 1.165) is 22.9 Å². The lowest BCUT2D eigenvalue weighted by molar-refractivity contribution is -0.142. The van der Waals surface area contributed by atoms with Crippen molar-refractivity contribution >= 4 is 16.9 Å². The summed E-state index contributed by atoms with van der Waals surface area (Å²) in [5.74, 6) is 0.404. The highest BCUT2D eigenvalue weighted by Gasteiger charge is 2.29. The second-order valence-corrected chi connectivity index (χ2v) is 6.25. The van der Waals surface area contributed by atoms with Crippen LogP contribution < -0.4 is 0 Å². The Hall–Kier alpha value is -1.77. The number of ether oxygens (including phenoxy) is 1. The molecule has 3 nitrogen and oxygen atoms in total. The van der Waals surface area contributed by atoms with Crippen LogP contribution in [0.25, 0.3) is 10.9 Å². The summed E-state index contributed by atoms with van der Waals surface area (Å²) in [6.07, 6.45) is 7.98. The highest BCUT2D eigenvalue weighted by molar-refractivity contribution is 5.90. The number of H-pyrrole nitrogens is 1. The van der Waals surface area contributed by atoms with E-state index in [2.05, 4.69) is 30.1 Å². The standard InChI is InChI=1S/C18H23NO2/c1-12-7-8-17-14(9-12)16(11-19-17)15(18(20)21-2)10-13-5-3-4-6-13/h7-9,11,13,15,19H,3-6,10H2,1-2H3. The van der Waals surface area contributed by atoms with Crippen LogP contribution in [0, 0.1) is 12.8 Å². The number of aromatic nitrogens is 1. The van der Waals surface area contributed by atoms with Gasteiger partial charge in [0.25, 0.3) is 0 Å². The summed E-state index contributed by atoms with van der Waals surface area (Å²) in [5, 5.41) is 1.16. The van der Waals surface area contributed by atoms with Gasteiger partial charge in [-0.25, -0.2) is 0 Å². The molecular formula is C18H23NO2. The Bertz CT molecular complexity index is 638. The SMILES string of the molecule is COC(=O)C(CC1CCCC1)c1c[nH]c2ccc(C)cc12. The molecule has 0 amide bonds. The fourth-order valence-corrected chi connectivity index (χ4v) is 3.62. The molecular weight excluding hydrogens is 262 g/mol. The molecule has 1 unspecified atom stereocenters. The van der Waals surface area contributed by atoms with E-state index < -0.39 is 0 Å². The molecule has 1 aliphatic carbocycles. The predicted molar refractivity (Wildman–Crippen MR) is 84.4 cm³/mol. The molecule has 3 rings (SSSR count). The lowest BCUT2D eigenvalue weighted by Crippen LogP contribution is -2.17. The fourth-order valence-electron chi connectivity index (χ4n) is 3.62. The number of hydrogen-bond donors (Lipinski definition) is 1. The number of methoxy groups -OCH3 is 1. The van der Waals surface area contributed by atoms with Crippen LogP contribution in [0.1, 0.15) is 49.1 Å². The van der Waals surface area contributed by atoms with E-state index >= 15 is 0 Å². The zero-order chi connectivity index (χ0) is 14.8. The van der Waals surface area contributed by atoms with Gasteiger partial charge in [-0.15, -0.1) is 0 Å². The summed E-state index contributed by atoms with van der Waals surface area (Å²) in [5.41, 5.74) is 3.40. The lowest BCUT2D eigenvalue weighted by atomic mass is 9.87. The molecule has 3 heteroatoms. The van der Waals surface area contributed by atoms with Gasteiger partial charge in [-0.2, -0.15) is 0 Å². The van der Waals surface area contributed by atoms with Crippen molar-refractivity contribution in [3.63, 3.8) is 0 Å². The van der Waals surface area contributed by atoms with Crippen LogP contribution in [-0.4, -0.2) is 18.1 Å². The van der Waals surface area contributed by atoms with E-state index in [0.29, 0.717) is 5.92 Å². The van der Waals surface area contributed by atoms with Crippen LogP contribution in [0.2, 0.25) is 0 Å². The first kappa shape index (κ1) is 14.2. The van der Waals surface area contributed by atoms with E-state index in [9.17, 15) is 4.79 Å². The molecule has 1 aromatic heterocycles. The van der Waals surface area contributed by atoms with E-state index in [4.69, 9.17) is 4.74 Å². The second kappa shape index (κ2) is 5.92. The maximum atomic E-state index is 12.3. The van der Waals surface area contributed by atoms with E-state index in [1.807, 2.05) is 6.20 Å². The van der Waals surface area contributed by atoms with Gasteiger partial charge < -0.3 is 9.72 Å². The summed E-state index contributed by atoms with van der Waals surface area (Å²) in [6.45, 7) is 2.08. The van der Waals surface area contributed by atoms with Crippen molar-refractivity contribution in [1.29, 1.82) is 0 Å². The number of rotatable bonds is 4. The average molecular weight is 285 g/mol. The van der Waals surface area contributed by atoms with Crippen molar-refractivity contribution in [2.24, 2.45) is 5.92 Å². The second-order valence-electron chi connectivity index (χ2n) is 6.25. The third kappa shape index (κ3) is 2.82. The van der Waals surface area contributed by atoms with Crippen LogP contribution in [0.4, 0.5) is 0 Å². The number of benzene rings is 1. The molecule has 1 aromatic carbocycles. The molecule has 1 atom stereocenters. The van der Waals surface area contributed by atoms with Gasteiger partial charge in [0.05, 0.1) is 13.0 Å². The first-order valence-corrected chi connectivity index (χ1v) is 7.84. The number of nitrogens with one attached hydrogen (secondary N) is 1. The largest absolute Gasteiger partial charge is 0.469 e. The van der Waals surface area contributed by atoms with Crippen molar-refractivity contribution in [3.8, 4) is 0 Å². The van der Waals surface area contributed by atoms with Gasteiger partial charge in [0.2, 0.25) is 0 Å². The molecule has 0 aliphatic heterocycles.